The molecule has 0 radical (unpaired) electrons. The highest BCUT2D eigenvalue weighted by atomic mass is 32.2. The maximum atomic E-state index is 14.7. The first-order chi connectivity index (χ1) is 20.7. The van der Waals surface area contributed by atoms with Gasteiger partial charge in [-0.15, -0.1) is 0 Å². The number of aliphatic hydroxyl groups excluding tert-OH is 1. The Balaban J connectivity index is 1.13. The number of fused-ring (bicyclic) bond motifs is 8. The van der Waals surface area contributed by atoms with Gasteiger partial charge in [-0.1, -0.05) is 62.2 Å². The number of allylic oxidation sites excluding steroid dienone is 4. The maximum absolute atomic E-state index is 14.7. The summed E-state index contributed by atoms with van der Waals surface area (Å²) in [5.74, 6) is 0.979. The molecule has 0 bridgehead atoms. The van der Waals surface area contributed by atoms with Crippen LogP contribution in [0.5, 0.6) is 0 Å². The van der Waals surface area contributed by atoms with Crippen molar-refractivity contribution in [3.8, 4) is 0 Å². The van der Waals surface area contributed by atoms with Gasteiger partial charge in [-0.05, 0) is 74.6 Å². The fourth-order valence-corrected chi connectivity index (χ4v) is 11.1. The van der Waals surface area contributed by atoms with E-state index in [2.05, 4.69) is 18.8 Å². The third-order valence-electron chi connectivity index (χ3n) is 12.2. The van der Waals surface area contributed by atoms with Crippen molar-refractivity contribution in [1.82, 2.24) is 9.97 Å². The van der Waals surface area contributed by atoms with Gasteiger partial charge in [0.05, 0.1) is 35.2 Å². The molecule has 0 spiro atoms. The molecule has 2 aromatic rings. The Morgan fingerprint density at radius 2 is 1.93 bits per heavy atom. The van der Waals surface area contributed by atoms with E-state index in [4.69, 9.17) is 14.5 Å². The van der Waals surface area contributed by atoms with E-state index in [0.29, 0.717) is 17.4 Å². The molecule has 6 unspecified atom stereocenters. The minimum atomic E-state index is -1.11. The van der Waals surface area contributed by atoms with Crippen LogP contribution in [-0.2, 0) is 19.1 Å². The van der Waals surface area contributed by atoms with Crippen LogP contribution in [-0.4, -0.2) is 56.5 Å². The molecule has 5 aliphatic carbocycles. The Labute approximate surface area is 256 Å². The number of thioether (sulfide) groups is 1. The number of Topliss-reactive ketones (excluding diaryl/α,β-unsaturated/α-hetero) is 1. The molecule has 43 heavy (non-hydrogen) atoms. The van der Waals surface area contributed by atoms with Gasteiger partial charge in [0, 0.05) is 22.7 Å². The average molecular weight is 601 g/mol. The lowest BCUT2D eigenvalue weighted by molar-refractivity contribution is -0.205. The minimum Gasteiger partial charge on any atom is -0.393 e. The van der Waals surface area contributed by atoms with Crippen LogP contribution in [0.4, 0.5) is 0 Å². The number of hydrogen-bond donors (Lipinski definition) is 1. The second kappa shape index (κ2) is 10.1. The number of nitrogens with zero attached hydrogens (tertiary/aromatic N) is 2. The van der Waals surface area contributed by atoms with Gasteiger partial charge >= 0.3 is 0 Å². The van der Waals surface area contributed by atoms with E-state index in [1.165, 1.54) is 24.6 Å². The van der Waals surface area contributed by atoms with Crippen molar-refractivity contribution >= 4 is 34.4 Å². The number of carbonyl (C=O) groups is 2. The number of rotatable bonds is 5. The van der Waals surface area contributed by atoms with Crippen LogP contribution < -0.4 is 0 Å². The Bertz CT molecular complexity index is 1550. The second-order valence-corrected chi connectivity index (χ2v) is 15.2. The van der Waals surface area contributed by atoms with Crippen molar-refractivity contribution in [2.24, 2.45) is 34.5 Å². The van der Waals surface area contributed by atoms with Gasteiger partial charge in [-0.2, -0.15) is 0 Å². The third-order valence-corrected chi connectivity index (χ3v) is 13.1. The smallest absolute Gasteiger partial charge is 0.178 e. The maximum Gasteiger partial charge on any atom is 0.178 e. The summed E-state index contributed by atoms with van der Waals surface area (Å²) in [6, 6.07) is 7.76. The third kappa shape index (κ3) is 4.05. The molecule has 1 saturated heterocycles. The van der Waals surface area contributed by atoms with Crippen LogP contribution in [0.25, 0.3) is 11.0 Å². The van der Waals surface area contributed by atoms with E-state index in [1.807, 2.05) is 30.3 Å². The van der Waals surface area contributed by atoms with Gasteiger partial charge in [0.15, 0.2) is 23.5 Å². The second-order valence-electron chi connectivity index (χ2n) is 14.2. The number of ketones is 2. The topological polar surface area (TPSA) is 98.6 Å². The average Bonchev–Trinajstić information content (AvgIpc) is 3.71. The Morgan fingerprint density at radius 3 is 2.74 bits per heavy atom. The van der Waals surface area contributed by atoms with Crippen LogP contribution in [0.1, 0.15) is 65.2 Å². The van der Waals surface area contributed by atoms with Crippen LogP contribution in [0.3, 0.4) is 0 Å². The molecule has 7 nitrogen and oxygen atoms in total. The summed E-state index contributed by atoms with van der Waals surface area (Å²) in [6.07, 6.45) is 13.4. The molecule has 6 aliphatic rings. The number of carbonyl (C=O) groups excluding carboxylic acids is 2. The lowest BCUT2D eigenvalue weighted by Gasteiger charge is -2.59. The standard InChI is InChI=1S/C35H40N2O5S/c1-33-14-13-22(38)15-21(33)11-12-23-24-16-29-35(34(24,2)17-27(39)31(23)33,42-32(41-29)20-7-3-4-8-20)28(40)19-43-30-18-36-25-9-5-6-10-26(25)37-30/h5-6,9-10,13-15,18,20,23-24,27,29,31-32,39H,3-4,7-8,11-12,16-17,19H2,1-2H3/t23?,24?,27-,29-,31?,32?,33?,34?,35+/m0/s1. The molecule has 4 saturated carbocycles. The highest BCUT2D eigenvalue weighted by Gasteiger charge is 2.76. The van der Waals surface area contributed by atoms with E-state index < -0.39 is 17.1 Å². The van der Waals surface area contributed by atoms with E-state index in [0.717, 1.165) is 48.7 Å². The van der Waals surface area contributed by atoms with E-state index in [9.17, 15) is 14.7 Å². The summed E-state index contributed by atoms with van der Waals surface area (Å²) in [5.41, 5.74) is 0.745. The van der Waals surface area contributed by atoms with Crippen LogP contribution >= 0.6 is 11.8 Å². The summed E-state index contributed by atoms with van der Waals surface area (Å²) >= 11 is 1.41. The molecular weight excluding hydrogens is 560 g/mol. The molecule has 1 N–H and O–H groups in total. The number of benzene rings is 1. The lowest BCUT2D eigenvalue weighted by Crippen LogP contribution is -2.63. The van der Waals surface area contributed by atoms with Crippen molar-refractivity contribution in [3.63, 3.8) is 0 Å². The Hall–Kier alpha value is -2.39. The van der Waals surface area contributed by atoms with E-state index in [1.54, 1.807) is 18.3 Å². The summed E-state index contributed by atoms with van der Waals surface area (Å²) in [4.78, 5) is 36.2. The van der Waals surface area contributed by atoms with Gasteiger partial charge < -0.3 is 14.6 Å². The first-order valence-electron chi connectivity index (χ1n) is 16.1. The normalized spacial score (nSPS) is 41.9. The summed E-state index contributed by atoms with van der Waals surface area (Å²) < 4.78 is 13.8. The van der Waals surface area contributed by atoms with Gasteiger partial charge in [0.2, 0.25) is 0 Å². The number of aromatic nitrogens is 2. The molecule has 8 heteroatoms. The summed E-state index contributed by atoms with van der Waals surface area (Å²) in [5, 5.41) is 12.7. The van der Waals surface area contributed by atoms with Crippen LogP contribution in [0.2, 0.25) is 0 Å². The summed E-state index contributed by atoms with van der Waals surface area (Å²) in [7, 11) is 0. The fraction of sp³-hybridized carbons (Fsp3) is 0.600. The van der Waals surface area contributed by atoms with Crippen molar-refractivity contribution in [2.45, 2.75) is 94.3 Å². The van der Waals surface area contributed by atoms with Crippen molar-refractivity contribution in [1.29, 1.82) is 0 Å². The molecule has 9 atom stereocenters. The number of hydrogen-bond acceptors (Lipinski definition) is 8. The molecule has 8 rings (SSSR count). The zero-order valence-corrected chi connectivity index (χ0v) is 25.7. The van der Waals surface area contributed by atoms with E-state index in [-0.39, 0.29) is 52.9 Å². The minimum absolute atomic E-state index is 0.00576. The van der Waals surface area contributed by atoms with Crippen LogP contribution in [0.15, 0.2) is 59.3 Å². The molecule has 1 aromatic carbocycles. The number of para-hydroxylation sites is 2. The van der Waals surface area contributed by atoms with Crippen molar-refractivity contribution in [3.05, 3.63) is 54.3 Å². The molecule has 2 heterocycles. The molecule has 226 valence electrons. The first-order valence-corrected chi connectivity index (χ1v) is 17.0. The first kappa shape index (κ1) is 28.1. The number of ether oxygens (including phenoxy) is 2. The summed E-state index contributed by atoms with van der Waals surface area (Å²) in [6.45, 7) is 4.38. The van der Waals surface area contributed by atoms with Gasteiger partial charge in [-0.3, -0.25) is 14.6 Å². The van der Waals surface area contributed by atoms with Gasteiger partial charge in [0.1, 0.15) is 5.03 Å². The highest BCUT2D eigenvalue weighted by molar-refractivity contribution is 7.99. The van der Waals surface area contributed by atoms with Gasteiger partial charge in [0.25, 0.3) is 0 Å². The largest absolute Gasteiger partial charge is 0.393 e. The molecule has 5 fully saturated rings. The lowest BCUT2D eigenvalue weighted by atomic mass is 9.46. The molecule has 0 amide bonds. The Kier molecular flexibility index (Phi) is 6.58. The molecular formula is C35H40N2O5S. The molecule has 1 aromatic heterocycles. The molecule has 1 aliphatic heterocycles. The SMILES string of the molecule is CC12C=CC(=O)C=C1CCC1C2[C@@H](O)CC2(C)C1C[C@@H]1OC(C3CCCC3)O[C@]12C(=O)CSc1cnc2ccccc2n1. The van der Waals surface area contributed by atoms with Gasteiger partial charge in [-0.25, -0.2) is 4.98 Å². The van der Waals surface area contributed by atoms with Crippen LogP contribution in [0, 0.1) is 34.5 Å². The number of aliphatic hydroxyl groups is 1. The predicted molar refractivity (Wildman–Crippen MR) is 163 cm³/mol. The highest BCUT2D eigenvalue weighted by Crippen LogP contribution is 2.70. The monoisotopic (exact) mass is 600 g/mol. The van der Waals surface area contributed by atoms with Crippen molar-refractivity contribution < 1.29 is 24.2 Å². The Morgan fingerprint density at radius 1 is 1.14 bits per heavy atom. The zero-order valence-electron chi connectivity index (χ0n) is 24.9. The zero-order chi connectivity index (χ0) is 29.6. The predicted octanol–water partition coefficient (Wildman–Crippen LogP) is 5.85. The fourth-order valence-electron chi connectivity index (χ4n) is 10.3. The quantitative estimate of drug-likeness (QED) is 0.427. The van der Waals surface area contributed by atoms with E-state index >= 15 is 0 Å². The van der Waals surface area contributed by atoms with Crippen molar-refractivity contribution in [2.75, 3.05) is 5.75 Å².